The lowest BCUT2D eigenvalue weighted by Crippen LogP contribution is -2.28. The molecule has 0 aromatic heterocycles. The van der Waals surface area contributed by atoms with Gasteiger partial charge in [0.15, 0.2) is 0 Å². The molecule has 0 bridgehead atoms. The Labute approximate surface area is 128 Å². The molecule has 0 aliphatic heterocycles. The topological polar surface area (TPSA) is 50.7 Å². The van der Waals surface area contributed by atoms with Gasteiger partial charge in [0.05, 0.1) is 12.2 Å². The van der Waals surface area contributed by atoms with Gasteiger partial charge in [-0.15, -0.1) is 0 Å². The van der Waals surface area contributed by atoms with E-state index >= 15 is 0 Å². The molecule has 0 fully saturated rings. The summed E-state index contributed by atoms with van der Waals surface area (Å²) in [4.78, 5) is 0. The van der Waals surface area contributed by atoms with Crippen molar-refractivity contribution < 1.29 is 14.6 Å². The number of hydrogen-bond donors (Lipinski definition) is 2. The summed E-state index contributed by atoms with van der Waals surface area (Å²) < 4.78 is 11.4. The van der Waals surface area contributed by atoms with Gasteiger partial charge in [0, 0.05) is 18.2 Å². The minimum absolute atomic E-state index is 0.255. The van der Waals surface area contributed by atoms with Gasteiger partial charge in [-0.25, -0.2) is 0 Å². The van der Waals surface area contributed by atoms with E-state index in [1.807, 2.05) is 18.2 Å². The predicted molar refractivity (Wildman–Crippen MR) is 86.0 cm³/mol. The normalized spacial score (nSPS) is 11.5. The smallest absolute Gasteiger partial charge is 0.127 e. The van der Waals surface area contributed by atoms with Crippen molar-refractivity contribution in [3.8, 4) is 11.5 Å². The highest BCUT2D eigenvalue weighted by Crippen LogP contribution is 2.26. The molecule has 0 radical (unpaired) electrons. The standard InChI is InChI=1S/C17H29NO3/c1-5-9-18-12-14-7-8-15(20-10-6-2)11-16(14)21-13-17(3,4)19/h7-8,11,18-19H,5-6,9-10,12-13H2,1-4H3. The summed E-state index contributed by atoms with van der Waals surface area (Å²) in [7, 11) is 0. The Morgan fingerprint density at radius 2 is 1.90 bits per heavy atom. The summed E-state index contributed by atoms with van der Waals surface area (Å²) in [5.41, 5.74) is 0.227. The second kappa shape index (κ2) is 8.90. The first kappa shape index (κ1) is 17.8. The average Bonchev–Trinajstić information content (AvgIpc) is 2.43. The van der Waals surface area contributed by atoms with Gasteiger partial charge in [-0.2, -0.15) is 0 Å². The second-order valence-electron chi connectivity index (χ2n) is 5.90. The number of benzene rings is 1. The Morgan fingerprint density at radius 3 is 2.52 bits per heavy atom. The molecule has 0 saturated heterocycles. The molecule has 0 heterocycles. The van der Waals surface area contributed by atoms with Gasteiger partial charge in [-0.05, 0) is 39.3 Å². The number of nitrogens with one attached hydrogen (secondary N) is 1. The van der Waals surface area contributed by atoms with Gasteiger partial charge in [0.2, 0.25) is 0 Å². The molecule has 2 N–H and O–H groups in total. The molecule has 1 aromatic rings. The summed E-state index contributed by atoms with van der Waals surface area (Å²) in [6.07, 6.45) is 2.07. The van der Waals surface area contributed by atoms with Crippen LogP contribution in [0.4, 0.5) is 0 Å². The molecule has 21 heavy (non-hydrogen) atoms. The zero-order valence-corrected chi connectivity index (χ0v) is 13.7. The van der Waals surface area contributed by atoms with E-state index in [-0.39, 0.29) is 6.61 Å². The lowest BCUT2D eigenvalue weighted by atomic mass is 10.1. The van der Waals surface area contributed by atoms with E-state index in [0.717, 1.165) is 43.0 Å². The van der Waals surface area contributed by atoms with E-state index in [1.54, 1.807) is 13.8 Å². The predicted octanol–water partition coefficient (Wildman–Crippen LogP) is 3.12. The Hall–Kier alpha value is -1.26. The Morgan fingerprint density at radius 1 is 1.14 bits per heavy atom. The van der Waals surface area contributed by atoms with Crippen LogP contribution in [-0.4, -0.2) is 30.5 Å². The van der Waals surface area contributed by atoms with Crippen LogP contribution in [0.25, 0.3) is 0 Å². The highest BCUT2D eigenvalue weighted by atomic mass is 16.5. The van der Waals surface area contributed by atoms with E-state index in [4.69, 9.17) is 9.47 Å². The summed E-state index contributed by atoms with van der Waals surface area (Å²) in [5, 5.41) is 13.2. The molecular weight excluding hydrogens is 266 g/mol. The van der Waals surface area contributed by atoms with Crippen LogP contribution in [0.15, 0.2) is 18.2 Å². The van der Waals surface area contributed by atoms with Crippen LogP contribution in [0, 0.1) is 0 Å². The van der Waals surface area contributed by atoms with Crippen molar-refractivity contribution in [1.82, 2.24) is 5.32 Å². The summed E-state index contributed by atoms with van der Waals surface area (Å²) in [6, 6.07) is 5.90. The molecule has 4 heteroatoms. The van der Waals surface area contributed by atoms with Gasteiger partial charge in [-0.3, -0.25) is 0 Å². The van der Waals surface area contributed by atoms with Crippen LogP contribution >= 0.6 is 0 Å². The summed E-state index contributed by atoms with van der Waals surface area (Å²) in [6.45, 7) is 10.4. The number of aliphatic hydroxyl groups is 1. The van der Waals surface area contributed by atoms with Crippen molar-refractivity contribution in [1.29, 1.82) is 0 Å². The van der Waals surface area contributed by atoms with Crippen LogP contribution in [0.3, 0.4) is 0 Å². The second-order valence-corrected chi connectivity index (χ2v) is 5.90. The Bertz CT molecular complexity index is 413. The third kappa shape index (κ3) is 7.34. The molecule has 0 aliphatic rings. The van der Waals surface area contributed by atoms with Gasteiger partial charge >= 0.3 is 0 Å². The van der Waals surface area contributed by atoms with E-state index in [9.17, 15) is 5.11 Å². The largest absolute Gasteiger partial charge is 0.493 e. The molecule has 4 nitrogen and oxygen atoms in total. The minimum Gasteiger partial charge on any atom is -0.493 e. The van der Waals surface area contributed by atoms with Crippen LogP contribution in [0.1, 0.15) is 46.1 Å². The molecule has 1 aromatic carbocycles. The first-order valence-electron chi connectivity index (χ1n) is 7.78. The average molecular weight is 295 g/mol. The van der Waals surface area contributed by atoms with E-state index in [2.05, 4.69) is 19.2 Å². The molecule has 0 aliphatic carbocycles. The highest BCUT2D eigenvalue weighted by molar-refractivity contribution is 5.40. The first-order valence-corrected chi connectivity index (χ1v) is 7.78. The number of hydrogen-bond acceptors (Lipinski definition) is 4. The zero-order chi connectivity index (χ0) is 15.7. The lowest BCUT2D eigenvalue weighted by molar-refractivity contribution is 0.0280. The maximum absolute atomic E-state index is 9.82. The molecule has 0 atom stereocenters. The van der Waals surface area contributed by atoms with Crippen molar-refractivity contribution >= 4 is 0 Å². The van der Waals surface area contributed by atoms with Crippen LogP contribution in [0.5, 0.6) is 11.5 Å². The van der Waals surface area contributed by atoms with Crippen molar-refractivity contribution in [3.63, 3.8) is 0 Å². The molecule has 0 unspecified atom stereocenters. The van der Waals surface area contributed by atoms with E-state index in [1.165, 1.54) is 0 Å². The monoisotopic (exact) mass is 295 g/mol. The maximum Gasteiger partial charge on any atom is 0.127 e. The first-order chi connectivity index (χ1) is 9.96. The van der Waals surface area contributed by atoms with Crippen LogP contribution in [0.2, 0.25) is 0 Å². The fourth-order valence-corrected chi connectivity index (χ4v) is 1.78. The highest BCUT2D eigenvalue weighted by Gasteiger charge is 2.15. The summed E-state index contributed by atoms with van der Waals surface area (Å²) in [5.74, 6) is 1.58. The molecule has 0 spiro atoms. The van der Waals surface area contributed by atoms with Crippen LogP contribution < -0.4 is 14.8 Å². The van der Waals surface area contributed by atoms with Gasteiger partial charge in [0.1, 0.15) is 18.1 Å². The molecule has 1 rings (SSSR count). The molecule has 0 amide bonds. The number of ether oxygens (including phenoxy) is 2. The van der Waals surface area contributed by atoms with Gasteiger partial charge in [0.25, 0.3) is 0 Å². The fraction of sp³-hybridized carbons (Fsp3) is 0.647. The number of rotatable bonds is 10. The maximum atomic E-state index is 9.82. The fourth-order valence-electron chi connectivity index (χ4n) is 1.78. The SMILES string of the molecule is CCCNCc1ccc(OCCC)cc1OCC(C)(C)O. The van der Waals surface area contributed by atoms with Gasteiger partial charge < -0.3 is 19.9 Å². The van der Waals surface area contributed by atoms with Crippen molar-refractivity contribution in [3.05, 3.63) is 23.8 Å². The Balaban J connectivity index is 2.78. The minimum atomic E-state index is -0.853. The van der Waals surface area contributed by atoms with Crippen molar-refractivity contribution in [2.24, 2.45) is 0 Å². The van der Waals surface area contributed by atoms with Crippen molar-refractivity contribution in [2.45, 2.75) is 52.7 Å². The molecule has 120 valence electrons. The van der Waals surface area contributed by atoms with Crippen molar-refractivity contribution in [2.75, 3.05) is 19.8 Å². The zero-order valence-electron chi connectivity index (χ0n) is 13.7. The van der Waals surface area contributed by atoms with Gasteiger partial charge in [-0.1, -0.05) is 19.9 Å². The third-order valence-electron chi connectivity index (χ3n) is 2.83. The summed E-state index contributed by atoms with van der Waals surface area (Å²) >= 11 is 0. The van der Waals surface area contributed by atoms with E-state index in [0.29, 0.717) is 6.61 Å². The third-order valence-corrected chi connectivity index (χ3v) is 2.83. The molecular formula is C17H29NO3. The Kier molecular flexibility index (Phi) is 7.54. The van der Waals surface area contributed by atoms with E-state index < -0.39 is 5.60 Å². The lowest BCUT2D eigenvalue weighted by Gasteiger charge is -2.20. The van der Waals surface area contributed by atoms with Crippen LogP contribution in [-0.2, 0) is 6.54 Å². The molecule has 0 saturated carbocycles. The quantitative estimate of drug-likeness (QED) is 0.651.